The molecule has 0 spiro atoms. The number of nitrogens with one attached hydrogen (secondary N) is 1. The standard InChI is InChI=1S/C14H18ClFN2O2/c1-9-8-18(5-6-20-9)14(19)17-10(2)11-3-4-13(16)12(15)7-11/h3-4,7,9-10H,5-6,8H2,1-2H3,(H,17,19)/t9-,10+/m0/s1. The van der Waals surface area contributed by atoms with Crippen LogP contribution in [0.5, 0.6) is 0 Å². The molecular formula is C14H18ClFN2O2. The number of ether oxygens (including phenoxy) is 1. The molecule has 1 aromatic rings. The smallest absolute Gasteiger partial charge is 0.318 e. The highest BCUT2D eigenvalue weighted by atomic mass is 35.5. The largest absolute Gasteiger partial charge is 0.375 e. The maximum Gasteiger partial charge on any atom is 0.318 e. The molecule has 0 aromatic heterocycles. The molecule has 2 amide bonds. The summed E-state index contributed by atoms with van der Waals surface area (Å²) in [4.78, 5) is 13.8. The van der Waals surface area contributed by atoms with Gasteiger partial charge in [0.25, 0.3) is 0 Å². The number of hydrogen-bond acceptors (Lipinski definition) is 2. The number of morpholine rings is 1. The molecule has 0 bridgehead atoms. The quantitative estimate of drug-likeness (QED) is 0.912. The molecule has 1 aromatic carbocycles. The monoisotopic (exact) mass is 300 g/mol. The average Bonchev–Trinajstić information content (AvgIpc) is 2.41. The van der Waals surface area contributed by atoms with Gasteiger partial charge < -0.3 is 15.0 Å². The van der Waals surface area contributed by atoms with Crippen molar-refractivity contribution in [1.29, 1.82) is 0 Å². The first-order chi connectivity index (χ1) is 9.47. The average molecular weight is 301 g/mol. The molecule has 1 aliphatic heterocycles. The summed E-state index contributed by atoms with van der Waals surface area (Å²) >= 11 is 5.75. The van der Waals surface area contributed by atoms with E-state index >= 15 is 0 Å². The second-order valence-electron chi connectivity index (χ2n) is 4.97. The van der Waals surface area contributed by atoms with E-state index in [0.29, 0.717) is 19.7 Å². The zero-order valence-electron chi connectivity index (χ0n) is 11.5. The van der Waals surface area contributed by atoms with Gasteiger partial charge in [0.1, 0.15) is 5.82 Å². The molecule has 6 heteroatoms. The highest BCUT2D eigenvalue weighted by Gasteiger charge is 2.22. The Morgan fingerprint density at radius 3 is 3.00 bits per heavy atom. The number of rotatable bonds is 2. The Labute approximate surface area is 122 Å². The SMILES string of the molecule is C[C@H]1CN(C(=O)N[C@H](C)c2ccc(F)c(Cl)c2)CCO1. The molecule has 4 nitrogen and oxygen atoms in total. The van der Waals surface area contributed by atoms with Gasteiger partial charge in [-0.1, -0.05) is 17.7 Å². The molecule has 0 aliphatic carbocycles. The summed E-state index contributed by atoms with van der Waals surface area (Å²) in [5.74, 6) is -0.462. The second kappa shape index (κ2) is 6.41. The van der Waals surface area contributed by atoms with Crippen LogP contribution in [0.2, 0.25) is 5.02 Å². The topological polar surface area (TPSA) is 41.6 Å². The van der Waals surface area contributed by atoms with E-state index in [1.54, 1.807) is 11.0 Å². The molecule has 0 saturated carbocycles. The van der Waals surface area contributed by atoms with E-state index in [0.717, 1.165) is 5.56 Å². The number of hydrogen-bond donors (Lipinski definition) is 1. The minimum absolute atomic E-state index is 0.0464. The van der Waals surface area contributed by atoms with Crippen molar-refractivity contribution in [2.75, 3.05) is 19.7 Å². The minimum atomic E-state index is -0.462. The maximum atomic E-state index is 13.1. The van der Waals surface area contributed by atoms with Gasteiger partial charge in [-0.3, -0.25) is 0 Å². The minimum Gasteiger partial charge on any atom is -0.375 e. The van der Waals surface area contributed by atoms with Gasteiger partial charge in [-0.05, 0) is 31.5 Å². The lowest BCUT2D eigenvalue weighted by molar-refractivity contribution is -0.00380. The van der Waals surface area contributed by atoms with Gasteiger partial charge in [0.2, 0.25) is 0 Å². The van der Waals surface area contributed by atoms with Crippen LogP contribution in [0.25, 0.3) is 0 Å². The fourth-order valence-electron chi connectivity index (χ4n) is 2.14. The second-order valence-corrected chi connectivity index (χ2v) is 5.38. The van der Waals surface area contributed by atoms with Crippen LogP contribution in [0, 0.1) is 5.82 Å². The maximum absolute atomic E-state index is 13.1. The van der Waals surface area contributed by atoms with Crippen molar-refractivity contribution in [3.05, 3.63) is 34.6 Å². The number of halogens is 2. The van der Waals surface area contributed by atoms with Gasteiger partial charge >= 0.3 is 6.03 Å². The first kappa shape index (κ1) is 15.1. The summed E-state index contributed by atoms with van der Waals surface area (Å²) < 4.78 is 18.5. The highest BCUT2D eigenvalue weighted by molar-refractivity contribution is 6.30. The van der Waals surface area contributed by atoms with Crippen molar-refractivity contribution >= 4 is 17.6 Å². The van der Waals surface area contributed by atoms with E-state index in [4.69, 9.17) is 16.3 Å². The van der Waals surface area contributed by atoms with Crippen molar-refractivity contribution in [2.45, 2.75) is 26.0 Å². The van der Waals surface area contributed by atoms with E-state index in [2.05, 4.69) is 5.32 Å². The van der Waals surface area contributed by atoms with Crippen LogP contribution in [-0.2, 0) is 4.74 Å². The summed E-state index contributed by atoms with van der Waals surface area (Å²) in [6, 6.07) is 4.07. The molecule has 1 aliphatic rings. The van der Waals surface area contributed by atoms with Gasteiger partial charge in [0.05, 0.1) is 23.8 Å². The van der Waals surface area contributed by atoms with E-state index < -0.39 is 5.82 Å². The van der Waals surface area contributed by atoms with Gasteiger partial charge in [-0.2, -0.15) is 0 Å². The first-order valence-corrected chi connectivity index (χ1v) is 6.97. The lowest BCUT2D eigenvalue weighted by Crippen LogP contribution is -2.49. The Morgan fingerprint density at radius 2 is 2.35 bits per heavy atom. The van der Waals surface area contributed by atoms with Gasteiger partial charge in [0, 0.05) is 13.1 Å². The van der Waals surface area contributed by atoms with Crippen LogP contribution in [0.4, 0.5) is 9.18 Å². The molecule has 110 valence electrons. The van der Waals surface area contributed by atoms with Gasteiger partial charge in [-0.25, -0.2) is 9.18 Å². The van der Waals surface area contributed by atoms with Crippen molar-refractivity contribution in [3.8, 4) is 0 Å². The summed E-state index contributed by atoms with van der Waals surface area (Å²) in [5, 5.41) is 2.94. The van der Waals surface area contributed by atoms with Crippen LogP contribution in [0.3, 0.4) is 0 Å². The van der Waals surface area contributed by atoms with Crippen LogP contribution in [0.1, 0.15) is 25.5 Å². The van der Waals surface area contributed by atoms with E-state index in [1.807, 2.05) is 13.8 Å². The fraction of sp³-hybridized carbons (Fsp3) is 0.500. The van der Waals surface area contributed by atoms with Crippen molar-refractivity contribution < 1.29 is 13.9 Å². The highest BCUT2D eigenvalue weighted by Crippen LogP contribution is 2.21. The Morgan fingerprint density at radius 1 is 1.60 bits per heavy atom. The molecular weight excluding hydrogens is 283 g/mol. The third-order valence-corrected chi connectivity index (χ3v) is 3.60. The number of amides is 2. The number of nitrogens with zero attached hydrogens (tertiary/aromatic N) is 1. The lowest BCUT2D eigenvalue weighted by atomic mass is 10.1. The Hall–Kier alpha value is -1.33. The van der Waals surface area contributed by atoms with Crippen LogP contribution in [0.15, 0.2) is 18.2 Å². The summed E-state index contributed by atoms with van der Waals surface area (Å²) in [7, 11) is 0. The zero-order chi connectivity index (χ0) is 14.7. The van der Waals surface area contributed by atoms with Crippen LogP contribution >= 0.6 is 11.6 Å². The number of carbonyl (C=O) groups excluding carboxylic acids is 1. The number of urea groups is 1. The van der Waals surface area contributed by atoms with E-state index in [-0.39, 0.29) is 23.2 Å². The normalized spacial score (nSPS) is 20.6. The molecule has 0 radical (unpaired) electrons. The molecule has 2 atom stereocenters. The molecule has 1 fully saturated rings. The molecule has 1 N–H and O–H groups in total. The lowest BCUT2D eigenvalue weighted by Gasteiger charge is -2.32. The van der Waals surface area contributed by atoms with Crippen LogP contribution < -0.4 is 5.32 Å². The van der Waals surface area contributed by atoms with Crippen molar-refractivity contribution in [1.82, 2.24) is 10.2 Å². The third-order valence-electron chi connectivity index (χ3n) is 3.31. The predicted octanol–water partition coefficient (Wildman–Crippen LogP) is 2.97. The fourth-order valence-corrected chi connectivity index (χ4v) is 2.33. The predicted molar refractivity (Wildman–Crippen MR) is 75.3 cm³/mol. The third kappa shape index (κ3) is 3.61. The molecule has 0 unspecified atom stereocenters. The molecule has 20 heavy (non-hydrogen) atoms. The Balaban J connectivity index is 1.97. The Kier molecular flexibility index (Phi) is 4.83. The summed E-state index contributed by atoms with van der Waals surface area (Å²) in [6.07, 6.45) is 0.0464. The molecule has 1 heterocycles. The summed E-state index contributed by atoms with van der Waals surface area (Å²) in [6.45, 7) is 5.47. The van der Waals surface area contributed by atoms with Crippen molar-refractivity contribution in [3.63, 3.8) is 0 Å². The first-order valence-electron chi connectivity index (χ1n) is 6.59. The Bertz CT molecular complexity index is 498. The van der Waals surface area contributed by atoms with Gasteiger partial charge in [-0.15, -0.1) is 0 Å². The zero-order valence-corrected chi connectivity index (χ0v) is 12.3. The number of benzene rings is 1. The number of carbonyl (C=O) groups is 1. The van der Waals surface area contributed by atoms with E-state index in [1.165, 1.54) is 12.1 Å². The molecule has 1 saturated heterocycles. The van der Waals surface area contributed by atoms with Crippen molar-refractivity contribution in [2.24, 2.45) is 0 Å². The summed E-state index contributed by atoms with van der Waals surface area (Å²) in [5.41, 5.74) is 0.769. The molecule has 2 rings (SSSR count). The van der Waals surface area contributed by atoms with Gasteiger partial charge in [0.15, 0.2) is 0 Å². The van der Waals surface area contributed by atoms with E-state index in [9.17, 15) is 9.18 Å². The van der Waals surface area contributed by atoms with Crippen LogP contribution in [-0.4, -0.2) is 36.7 Å².